The highest BCUT2D eigenvalue weighted by Crippen LogP contribution is 2.45. The van der Waals surface area contributed by atoms with E-state index in [2.05, 4.69) is 16.4 Å². The van der Waals surface area contributed by atoms with Crippen LogP contribution in [0.2, 0.25) is 0 Å². The topological polar surface area (TPSA) is 116 Å². The van der Waals surface area contributed by atoms with Crippen LogP contribution in [0.25, 0.3) is 6.08 Å². The van der Waals surface area contributed by atoms with Gasteiger partial charge in [-0.05, 0) is 78.4 Å². The Morgan fingerprint density at radius 3 is 2.27 bits per heavy atom. The fourth-order valence-corrected chi connectivity index (χ4v) is 6.64. The van der Waals surface area contributed by atoms with E-state index in [-0.39, 0.29) is 24.4 Å². The number of hydrazone groups is 1. The fraction of sp³-hybridized carbons (Fsp3) is 0.294. The number of imide groups is 1. The fourth-order valence-electron chi connectivity index (χ4n) is 6.64. The lowest BCUT2D eigenvalue weighted by molar-refractivity contribution is -0.136. The molecule has 3 amide bonds. The zero-order valence-corrected chi connectivity index (χ0v) is 24.9. The smallest absolute Gasteiger partial charge is 0.264 e. The molecule has 0 N–H and O–H groups in total. The van der Waals surface area contributed by atoms with Gasteiger partial charge in [-0.15, -0.1) is 0 Å². The lowest BCUT2D eigenvalue weighted by Crippen LogP contribution is -2.45. The largest absolute Gasteiger partial charge is 0.497 e. The molecule has 0 unspecified atom stereocenters. The molecule has 7 rings (SSSR count). The zero-order valence-electron chi connectivity index (χ0n) is 24.9. The Labute approximate surface area is 260 Å². The number of fused-ring (bicyclic) bond motifs is 2. The second-order valence-electron chi connectivity index (χ2n) is 11.4. The maximum atomic E-state index is 14.1. The quantitative estimate of drug-likeness (QED) is 0.357. The number of rotatable bonds is 7. The number of nitrogens with zero attached hydrogens (tertiary/aromatic N) is 6. The number of allylic oxidation sites excluding steroid dienone is 1. The molecule has 3 aromatic rings. The second-order valence-corrected chi connectivity index (χ2v) is 11.4. The van der Waals surface area contributed by atoms with Crippen LogP contribution >= 0.6 is 0 Å². The molecule has 0 aromatic heterocycles. The van der Waals surface area contributed by atoms with Crippen molar-refractivity contribution in [3.05, 3.63) is 95.6 Å². The molecule has 1 saturated heterocycles. The molecule has 3 aromatic carbocycles. The Bertz CT molecular complexity index is 1720. The van der Waals surface area contributed by atoms with E-state index in [1.54, 1.807) is 38.5 Å². The van der Waals surface area contributed by atoms with Crippen LogP contribution in [0.5, 0.6) is 11.5 Å². The van der Waals surface area contributed by atoms with Gasteiger partial charge in [0.15, 0.2) is 12.1 Å². The van der Waals surface area contributed by atoms with E-state index in [1.165, 1.54) is 10.0 Å². The summed E-state index contributed by atoms with van der Waals surface area (Å²) < 4.78 is 10.7. The van der Waals surface area contributed by atoms with Crippen molar-refractivity contribution in [3.63, 3.8) is 0 Å². The summed E-state index contributed by atoms with van der Waals surface area (Å²) in [6.45, 7) is -0.250. The van der Waals surface area contributed by atoms with E-state index >= 15 is 0 Å². The Morgan fingerprint density at radius 1 is 0.889 bits per heavy atom. The van der Waals surface area contributed by atoms with Crippen LogP contribution in [0.4, 0.5) is 5.69 Å². The van der Waals surface area contributed by atoms with Gasteiger partial charge in [-0.2, -0.15) is 10.2 Å². The lowest BCUT2D eigenvalue weighted by Gasteiger charge is -2.30. The summed E-state index contributed by atoms with van der Waals surface area (Å²) in [6, 6.07) is 21.9. The summed E-state index contributed by atoms with van der Waals surface area (Å²) in [4.78, 5) is 41.9. The van der Waals surface area contributed by atoms with Crippen molar-refractivity contribution in [3.8, 4) is 11.5 Å². The van der Waals surface area contributed by atoms with Crippen molar-refractivity contribution in [2.75, 3.05) is 25.7 Å². The summed E-state index contributed by atoms with van der Waals surface area (Å²) in [5.74, 6) is 0.245. The van der Waals surface area contributed by atoms with E-state index < -0.39 is 23.9 Å². The predicted octanol–water partition coefficient (Wildman–Crippen LogP) is 4.82. The third-order valence-electron chi connectivity index (χ3n) is 8.84. The highest BCUT2D eigenvalue weighted by atomic mass is 16.5. The molecule has 1 aliphatic carbocycles. The molecule has 4 atom stereocenters. The third kappa shape index (κ3) is 5.03. The molecular weight excluding hydrogens is 572 g/mol. The van der Waals surface area contributed by atoms with Gasteiger partial charge in [0.25, 0.3) is 17.7 Å². The van der Waals surface area contributed by atoms with Crippen LogP contribution in [-0.4, -0.2) is 66.3 Å². The summed E-state index contributed by atoms with van der Waals surface area (Å²) in [6.07, 6.45) is 4.79. The number of hydrogen-bond acceptors (Lipinski definition) is 9. The molecule has 0 spiro atoms. The molecule has 4 aliphatic rings. The van der Waals surface area contributed by atoms with Gasteiger partial charge in [-0.25, -0.2) is 9.91 Å². The highest BCUT2D eigenvalue weighted by Gasteiger charge is 2.55. The van der Waals surface area contributed by atoms with E-state index in [0.29, 0.717) is 5.69 Å². The molecule has 11 heteroatoms. The van der Waals surface area contributed by atoms with E-state index in [4.69, 9.17) is 14.6 Å². The number of anilines is 1. The average molecular weight is 605 g/mol. The van der Waals surface area contributed by atoms with Gasteiger partial charge in [0.2, 0.25) is 0 Å². The van der Waals surface area contributed by atoms with Crippen molar-refractivity contribution in [1.82, 2.24) is 10.0 Å². The zero-order chi connectivity index (χ0) is 31.1. The van der Waals surface area contributed by atoms with Crippen LogP contribution in [0, 0.1) is 5.92 Å². The number of para-hydroxylation sites is 1. The van der Waals surface area contributed by atoms with Gasteiger partial charge in [0, 0.05) is 5.92 Å². The first kappa shape index (κ1) is 28.5. The number of carbonyl (C=O) groups excluding carboxylic acids is 3. The van der Waals surface area contributed by atoms with Gasteiger partial charge in [-0.3, -0.25) is 19.4 Å². The third-order valence-corrected chi connectivity index (χ3v) is 8.84. The van der Waals surface area contributed by atoms with E-state index in [0.717, 1.165) is 58.1 Å². The normalized spacial score (nSPS) is 24.6. The van der Waals surface area contributed by atoms with E-state index in [1.807, 2.05) is 54.6 Å². The van der Waals surface area contributed by atoms with Crippen molar-refractivity contribution in [2.24, 2.45) is 21.4 Å². The van der Waals surface area contributed by atoms with Crippen LogP contribution < -0.4 is 14.4 Å². The van der Waals surface area contributed by atoms with Crippen LogP contribution in [0.1, 0.15) is 36.4 Å². The molecule has 45 heavy (non-hydrogen) atoms. The lowest BCUT2D eigenvalue weighted by atomic mass is 9.77. The minimum absolute atomic E-state index is 0.0168. The number of benzene rings is 3. The number of amides is 3. The summed E-state index contributed by atoms with van der Waals surface area (Å²) in [7, 11) is 3.26. The first-order valence-corrected chi connectivity index (χ1v) is 15.0. The summed E-state index contributed by atoms with van der Waals surface area (Å²) >= 11 is 0. The average Bonchev–Trinajstić information content (AvgIpc) is 3.75. The predicted molar refractivity (Wildman–Crippen MR) is 166 cm³/mol. The van der Waals surface area contributed by atoms with Gasteiger partial charge < -0.3 is 9.47 Å². The monoisotopic (exact) mass is 604 g/mol. The molecule has 11 nitrogen and oxygen atoms in total. The maximum absolute atomic E-state index is 14.1. The first-order chi connectivity index (χ1) is 22.0. The molecule has 3 aliphatic heterocycles. The van der Waals surface area contributed by atoms with Gasteiger partial charge in [0.1, 0.15) is 18.0 Å². The molecule has 228 valence electrons. The second kappa shape index (κ2) is 11.6. The number of ether oxygens (including phenoxy) is 2. The first-order valence-electron chi connectivity index (χ1n) is 15.0. The minimum atomic E-state index is -0.991. The Morgan fingerprint density at radius 2 is 1.58 bits per heavy atom. The van der Waals surface area contributed by atoms with Crippen molar-refractivity contribution in [2.45, 2.75) is 37.4 Å². The number of methoxy groups -OCH3 is 2. The van der Waals surface area contributed by atoms with Crippen LogP contribution in [0.3, 0.4) is 0 Å². The molecule has 1 saturated carbocycles. The standard InChI is InChI=1S/C34H32N6O5/c1-44-25-15-11-21(12-16-25)19-23-7-6-10-27-29(23)36-40(31(27)22-13-17-26(45-2)18-14-22)28(41)20-38-32-30(35-37-38)33(42)39(34(32)43)24-8-4-3-5-9-24/h3-5,8-9,11-19,27,30-32H,6-7,10,20H2,1-2H3/b23-19+/t27-,30+,31+,32+/m1/s1. The highest BCUT2D eigenvalue weighted by molar-refractivity contribution is 6.25. The van der Waals surface area contributed by atoms with Gasteiger partial charge in [-0.1, -0.05) is 47.7 Å². The van der Waals surface area contributed by atoms with Gasteiger partial charge >= 0.3 is 0 Å². The van der Waals surface area contributed by atoms with Crippen LogP contribution in [-0.2, 0) is 14.4 Å². The maximum Gasteiger partial charge on any atom is 0.264 e. The summed E-state index contributed by atoms with van der Waals surface area (Å²) in [5, 5.41) is 16.0. The van der Waals surface area contributed by atoms with E-state index in [9.17, 15) is 14.4 Å². The molecule has 0 radical (unpaired) electrons. The summed E-state index contributed by atoms with van der Waals surface area (Å²) in [5.41, 5.74) is 4.39. The molecule has 2 fully saturated rings. The Balaban J connectivity index is 1.19. The SMILES string of the molecule is COc1ccc(/C=C2\CCC[C@@H]3C2=NN(C(=O)CN2N=N[C@@H]4C(=O)N(c5ccccc5)C(=O)[C@H]42)[C@H]3c2ccc(OC)cc2)cc1. The van der Waals surface area contributed by atoms with Crippen LogP contribution in [0.15, 0.2) is 99.9 Å². The Kier molecular flexibility index (Phi) is 7.36. The van der Waals surface area contributed by atoms with Crippen molar-refractivity contribution >= 4 is 35.2 Å². The molecule has 0 bridgehead atoms. The number of hydrogen-bond donors (Lipinski definition) is 0. The molecule has 3 heterocycles. The number of carbonyl (C=O) groups is 3. The van der Waals surface area contributed by atoms with Gasteiger partial charge in [0.05, 0.1) is 31.7 Å². The van der Waals surface area contributed by atoms with Crippen molar-refractivity contribution in [1.29, 1.82) is 0 Å². The molecular formula is C34H32N6O5. The van der Waals surface area contributed by atoms with Crippen molar-refractivity contribution < 1.29 is 23.9 Å². The Hall–Kier alpha value is -5.32. The minimum Gasteiger partial charge on any atom is -0.497 e.